The molecule has 5 nitrogen and oxygen atoms in total. The van der Waals surface area contributed by atoms with Gasteiger partial charge in [0.25, 0.3) is 0 Å². The summed E-state index contributed by atoms with van der Waals surface area (Å²) in [6, 6.07) is 18.0. The lowest BCUT2D eigenvalue weighted by Crippen LogP contribution is -2.58. The maximum atomic E-state index is 13.5. The molecule has 6 heteroatoms. The zero-order valence-electron chi connectivity index (χ0n) is 19.0. The Morgan fingerprint density at radius 3 is 2.31 bits per heavy atom. The number of hydrogen-bond donors (Lipinski definition) is 2. The summed E-state index contributed by atoms with van der Waals surface area (Å²) in [7, 11) is 0. The van der Waals surface area contributed by atoms with Crippen molar-refractivity contribution >= 4 is 24.2 Å². The van der Waals surface area contributed by atoms with Crippen molar-refractivity contribution < 1.29 is 9.59 Å². The minimum Gasteiger partial charge on any atom is -0.342 e. The third kappa shape index (κ3) is 5.00. The number of benzene rings is 2. The van der Waals surface area contributed by atoms with Gasteiger partial charge in [0.1, 0.15) is 6.04 Å². The molecule has 32 heavy (non-hydrogen) atoms. The van der Waals surface area contributed by atoms with Crippen molar-refractivity contribution in [2.75, 3.05) is 13.1 Å². The summed E-state index contributed by atoms with van der Waals surface area (Å²) in [4.78, 5) is 28.0. The molecule has 0 bridgehead atoms. The summed E-state index contributed by atoms with van der Waals surface area (Å²) in [5.74, 6) is -0.317. The number of halogens is 1. The first-order valence-corrected chi connectivity index (χ1v) is 11.3. The molecule has 1 saturated heterocycles. The van der Waals surface area contributed by atoms with Crippen molar-refractivity contribution in [3.63, 3.8) is 0 Å². The summed E-state index contributed by atoms with van der Waals surface area (Å²) >= 11 is 0. The lowest BCUT2D eigenvalue weighted by molar-refractivity contribution is -0.138. The summed E-state index contributed by atoms with van der Waals surface area (Å²) in [5, 5.41) is 2.92. The maximum Gasteiger partial charge on any atom is 0.245 e. The van der Waals surface area contributed by atoms with E-state index in [1.807, 2.05) is 35.2 Å². The first-order valence-electron chi connectivity index (χ1n) is 11.3. The fraction of sp³-hybridized carbons (Fsp3) is 0.462. The monoisotopic (exact) mass is 455 g/mol. The van der Waals surface area contributed by atoms with Crippen LogP contribution in [0.5, 0.6) is 0 Å². The Morgan fingerprint density at radius 2 is 1.66 bits per heavy atom. The Balaban J connectivity index is 0.00000289. The highest BCUT2D eigenvalue weighted by atomic mass is 35.5. The van der Waals surface area contributed by atoms with Gasteiger partial charge in [-0.25, -0.2) is 0 Å². The van der Waals surface area contributed by atoms with Crippen molar-refractivity contribution in [2.24, 2.45) is 5.73 Å². The van der Waals surface area contributed by atoms with Gasteiger partial charge in [-0.15, -0.1) is 12.4 Å². The van der Waals surface area contributed by atoms with Crippen LogP contribution in [0.15, 0.2) is 54.6 Å². The molecule has 1 heterocycles. The number of carbonyl (C=O) groups excluding carboxylic acids is 2. The molecule has 172 valence electrons. The molecule has 2 aromatic carbocycles. The topological polar surface area (TPSA) is 75.4 Å². The molecular formula is C26H34ClN3O2. The molecule has 1 fully saturated rings. The number of hydrogen-bond acceptors (Lipinski definition) is 3. The molecule has 2 aliphatic rings. The van der Waals surface area contributed by atoms with Crippen LogP contribution in [0.4, 0.5) is 0 Å². The van der Waals surface area contributed by atoms with Gasteiger partial charge in [-0.05, 0) is 61.6 Å². The second kappa shape index (κ2) is 9.63. The maximum absolute atomic E-state index is 13.5. The van der Waals surface area contributed by atoms with Gasteiger partial charge in [-0.1, -0.05) is 54.6 Å². The van der Waals surface area contributed by atoms with Gasteiger partial charge in [0.15, 0.2) is 0 Å². The Kier molecular flexibility index (Phi) is 7.31. The highest BCUT2D eigenvalue weighted by Crippen LogP contribution is 2.46. The smallest absolute Gasteiger partial charge is 0.245 e. The van der Waals surface area contributed by atoms with Crippen molar-refractivity contribution in [1.82, 2.24) is 10.2 Å². The number of nitrogens with one attached hydrogen (secondary N) is 1. The van der Waals surface area contributed by atoms with Crippen LogP contribution in [0.3, 0.4) is 0 Å². The fourth-order valence-corrected chi connectivity index (χ4v) is 5.05. The first kappa shape index (κ1) is 24.3. The number of likely N-dealkylation sites (tertiary alicyclic amines) is 1. The SMILES string of the molecule is CC(C)(N)C(=O)NC(Cc1ccccc1)C(=O)N1CCC2(CCc3ccccc32)CC1.Cl. The van der Waals surface area contributed by atoms with Crippen molar-refractivity contribution in [2.45, 2.75) is 62.9 Å². The number of rotatable bonds is 5. The molecule has 1 spiro atoms. The molecule has 3 N–H and O–H groups in total. The zero-order valence-corrected chi connectivity index (χ0v) is 19.8. The largest absolute Gasteiger partial charge is 0.342 e. The van der Waals surface area contributed by atoms with E-state index < -0.39 is 11.6 Å². The van der Waals surface area contributed by atoms with E-state index >= 15 is 0 Å². The minimum absolute atomic E-state index is 0. The molecule has 1 aliphatic carbocycles. The van der Waals surface area contributed by atoms with E-state index in [4.69, 9.17) is 5.73 Å². The number of aryl methyl sites for hydroxylation is 1. The van der Waals surface area contributed by atoms with Gasteiger partial charge in [0, 0.05) is 19.5 Å². The molecule has 1 atom stereocenters. The third-order valence-corrected chi connectivity index (χ3v) is 6.97. The summed E-state index contributed by atoms with van der Waals surface area (Å²) < 4.78 is 0. The second-order valence-electron chi connectivity index (χ2n) is 9.70. The summed E-state index contributed by atoms with van der Waals surface area (Å²) in [6.45, 7) is 4.77. The molecule has 1 aliphatic heterocycles. The molecule has 2 aromatic rings. The van der Waals surface area contributed by atoms with Gasteiger partial charge >= 0.3 is 0 Å². The zero-order chi connectivity index (χ0) is 22.1. The number of piperidine rings is 1. The summed E-state index contributed by atoms with van der Waals surface area (Å²) in [6.07, 6.45) is 4.71. The van der Waals surface area contributed by atoms with E-state index in [1.165, 1.54) is 17.5 Å². The standard InChI is InChI=1S/C26H33N3O2.ClH/c1-25(2,27)24(31)28-22(18-19-8-4-3-5-9-19)23(30)29-16-14-26(15-17-29)13-12-20-10-6-7-11-21(20)26;/h3-11,22H,12-18,27H2,1-2H3,(H,28,31);1H. The van der Waals surface area contributed by atoms with E-state index in [9.17, 15) is 9.59 Å². The normalized spacial score (nSPS) is 17.9. The lowest BCUT2D eigenvalue weighted by atomic mass is 9.74. The molecule has 2 amide bonds. The second-order valence-corrected chi connectivity index (χ2v) is 9.70. The van der Waals surface area contributed by atoms with Crippen LogP contribution < -0.4 is 11.1 Å². The van der Waals surface area contributed by atoms with Crippen LogP contribution >= 0.6 is 12.4 Å². The summed E-state index contributed by atoms with van der Waals surface area (Å²) in [5.41, 5.74) is 9.11. The van der Waals surface area contributed by atoms with E-state index in [0.717, 1.165) is 37.9 Å². The van der Waals surface area contributed by atoms with Gasteiger partial charge < -0.3 is 16.0 Å². The van der Waals surface area contributed by atoms with Crippen molar-refractivity contribution in [3.05, 3.63) is 71.3 Å². The Hall–Kier alpha value is -2.37. The first-order chi connectivity index (χ1) is 14.8. The van der Waals surface area contributed by atoms with Gasteiger partial charge in [-0.2, -0.15) is 0 Å². The van der Waals surface area contributed by atoms with Gasteiger partial charge in [0.2, 0.25) is 11.8 Å². The fourth-order valence-electron chi connectivity index (χ4n) is 5.05. The molecule has 0 saturated carbocycles. The molecule has 0 radical (unpaired) electrons. The molecular weight excluding hydrogens is 422 g/mol. The van der Waals surface area contributed by atoms with E-state index in [2.05, 4.69) is 29.6 Å². The number of carbonyl (C=O) groups is 2. The van der Waals surface area contributed by atoms with E-state index in [1.54, 1.807) is 13.8 Å². The number of nitrogens with zero attached hydrogens (tertiary/aromatic N) is 1. The average molecular weight is 456 g/mol. The average Bonchev–Trinajstić information content (AvgIpc) is 3.12. The van der Waals surface area contributed by atoms with Gasteiger partial charge in [0.05, 0.1) is 5.54 Å². The van der Waals surface area contributed by atoms with Crippen LogP contribution in [0.1, 0.15) is 49.8 Å². The Bertz CT molecular complexity index is 947. The highest BCUT2D eigenvalue weighted by molar-refractivity contribution is 5.91. The van der Waals surface area contributed by atoms with Crippen LogP contribution in [0.25, 0.3) is 0 Å². The Labute approximate surface area is 197 Å². The molecule has 1 unspecified atom stereocenters. The third-order valence-electron chi connectivity index (χ3n) is 6.97. The Morgan fingerprint density at radius 1 is 1.03 bits per heavy atom. The van der Waals surface area contributed by atoms with Crippen LogP contribution in [-0.4, -0.2) is 41.4 Å². The van der Waals surface area contributed by atoms with Crippen LogP contribution in [-0.2, 0) is 27.8 Å². The minimum atomic E-state index is -1.03. The van der Waals surface area contributed by atoms with Crippen molar-refractivity contribution in [3.8, 4) is 0 Å². The van der Waals surface area contributed by atoms with Crippen LogP contribution in [0, 0.1) is 0 Å². The van der Waals surface area contributed by atoms with E-state index in [-0.39, 0.29) is 29.6 Å². The lowest BCUT2D eigenvalue weighted by Gasteiger charge is -2.41. The number of nitrogens with two attached hydrogens (primary N) is 1. The van der Waals surface area contributed by atoms with Gasteiger partial charge in [-0.3, -0.25) is 9.59 Å². The number of fused-ring (bicyclic) bond motifs is 2. The number of amides is 2. The highest BCUT2D eigenvalue weighted by Gasteiger charge is 2.42. The van der Waals surface area contributed by atoms with E-state index in [0.29, 0.717) is 6.42 Å². The van der Waals surface area contributed by atoms with Crippen LogP contribution in [0.2, 0.25) is 0 Å². The molecule has 0 aromatic heterocycles. The predicted octanol–water partition coefficient (Wildman–Crippen LogP) is 3.38. The predicted molar refractivity (Wildman–Crippen MR) is 130 cm³/mol. The molecule has 4 rings (SSSR count). The van der Waals surface area contributed by atoms with Crippen molar-refractivity contribution in [1.29, 1.82) is 0 Å². The quantitative estimate of drug-likeness (QED) is 0.725.